The number of alkyl halides is 6. The van der Waals surface area contributed by atoms with Crippen molar-refractivity contribution in [3.8, 4) is 17.1 Å². The summed E-state index contributed by atoms with van der Waals surface area (Å²) in [5.74, 6) is 0.107. The predicted octanol–water partition coefficient (Wildman–Crippen LogP) is 5.48. The van der Waals surface area contributed by atoms with Crippen molar-refractivity contribution in [2.24, 2.45) is 5.41 Å². The van der Waals surface area contributed by atoms with E-state index in [9.17, 15) is 31.1 Å². The van der Waals surface area contributed by atoms with Gasteiger partial charge in [-0.1, -0.05) is 6.07 Å². The Balaban J connectivity index is 1.07. The van der Waals surface area contributed by atoms with Gasteiger partial charge in [0.25, 0.3) is 0 Å². The van der Waals surface area contributed by atoms with E-state index in [1.54, 1.807) is 24.4 Å². The Morgan fingerprint density at radius 3 is 2.47 bits per heavy atom. The largest absolute Gasteiger partial charge is 0.477 e. The van der Waals surface area contributed by atoms with Crippen molar-refractivity contribution >= 4 is 28.7 Å². The van der Waals surface area contributed by atoms with Crippen LogP contribution in [0.5, 0.6) is 5.88 Å². The summed E-state index contributed by atoms with van der Waals surface area (Å²) in [7, 11) is 0. The predicted molar refractivity (Wildman–Crippen MR) is 150 cm³/mol. The van der Waals surface area contributed by atoms with E-state index in [1.807, 2.05) is 12.1 Å². The quantitative estimate of drug-likeness (QED) is 0.233. The minimum absolute atomic E-state index is 0.0403. The number of piperazine rings is 1. The molecule has 6 rings (SSSR count). The highest BCUT2D eigenvalue weighted by Crippen LogP contribution is 2.57. The van der Waals surface area contributed by atoms with Crippen LogP contribution in [0.2, 0.25) is 0 Å². The van der Waals surface area contributed by atoms with Crippen molar-refractivity contribution in [3.63, 3.8) is 0 Å². The number of nitrogens with zero attached hydrogens (tertiary/aromatic N) is 6. The van der Waals surface area contributed by atoms with Gasteiger partial charge in [0.1, 0.15) is 30.6 Å². The lowest BCUT2D eigenvalue weighted by Gasteiger charge is -2.35. The van der Waals surface area contributed by atoms with E-state index >= 15 is 0 Å². The van der Waals surface area contributed by atoms with Crippen LogP contribution in [0.25, 0.3) is 22.3 Å². The highest BCUT2D eigenvalue weighted by atomic mass is 19.4. The SMILES string of the molecule is O=C(CC(F)(F)F)N1CCN(Cc2ccnc(Nc3nc4ccc(-c5cc(OCC6(C(F)(F)F)CC6)ncn5)cc4[nH]3)c2)CC1. The average molecular weight is 635 g/mol. The lowest BCUT2D eigenvalue weighted by Crippen LogP contribution is -2.49. The zero-order valence-electron chi connectivity index (χ0n) is 23.8. The maximum absolute atomic E-state index is 13.2. The fraction of sp³-hybridized carbons (Fsp3) is 0.414. The molecule has 2 fully saturated rings. The number of carbonyl (C=O) groups excluding carboxylic acids is 1. The topological polar surface area (TPSA) is 112 Å². The van der Waals surface area contributed by atoms with E-state index in [-0.39, 0.29) is 31.8 Å². The fourth-order valence-electron chi connectivity index (χ4n) is 5.14. The Morgan fingerprint density at radius 2 is 1.76 bits per heavy atom. The summed E-state index contributed by atoms with van der Waals surface area (Å²) >= 11 is 0. The second kappa shape index (κ2) is 11.8. The van der Waals surface area contributed by atoms with Crippen molar-refractivity contribution in [3.05, 3.63) is 54.5 Å². The molecular weight excluding hydrogens is 606 g/mol. The second-order valence-electron chi connectivity index (χ2n) is 11.2. The highest BCUT2D eigenvalue weighted by Gasteiger charge is 2.64. The molecule has 4 aromatic rings. The number of pyridine rings is 1. The smallest absolute Gasteiger partial charge is 0.397 e. The number of carbonyl (C=O) groups is 1. The third-order valence-electron chi connectivity index (χ3n) is 7.92. The first-order valence-electron chi connectivity index (χ1n) is 14.2. The Kier molecular flexibility index (Phi) is 8.01. The maximum atomic E-state index is 13.2. The standard InChI is InChI=1S/C29H28F6N8O2/c30-28(31,32)14-25(44)43-9-7-42(8-10-43)15-18-3-6-36-23(11-18)41-26-39-20-2-1-19(12-22(20)40-26)21-13-24(38-17-37-21)45-16-27(4-5-27)29(33,34)35/h1-3,6,11-13,17H,4-5,7-10,14-16H2,(H2,36,39,40,41). The number of anilines is 2. The fourth-order valence-corrected chi connectivity index (χ4v) is 5.14. The van der Waals surface area contributed by atoms with Crippen LogP contribution < -0.4 is 10.1 Å². The van der Waals surface area contributed by atoms with E-state index in [0.29, 0.717) is 53.7 Å². The first-order valence-corrected chi connectivity index (χ1v) is 14.2. The number of ether oxygens (including phenoxy) is 1. The molecule has 1 aliphatic carbocycles. The van der Waals surface area contributed by atoms with Gasteiger partial charge < -0.3 is 19.9 Å². The van der Waals surface area contributed by atoms with Gasteiger partial charge in [-0.2, -0.15) is 26.3 Å². The molecule has 1 aliphatic heterocycles. The molecule has 3 aromatic heterocycles. The maximum Gasteiger partial charge on any atom is 0.397 e. The molecule has 0 unspecified atom stereocenters. The van der Waals surface area contributed by atoms with E-state index in [2.05, 4.69) is 35.1 Å². The normalized spacial score (nSPS) is 17.0. The van der Waals surface area contributed by atoms with E-state index in [1.165, 1.54) is 17.3 Å². The monoisotopic (exact) mass is 634 g/mol. The minimum atomic E-state index is -4.52. The summed E-state index contributed by atoms with van der Waals surface area (Å²) in [6, 6.07) is 10.5. The number of imidazole rings is 1. The van der Waals surface area contributed by atoms with Gasteiger partial charge in [0, 0.05) is 50.6 Å². The van der Waals surface area contributed by atoms with Crippen molar-refractivity contribution in [2.45, 2.75) is 38.2 Å². The number of rotatable bonds is 9. The Bertz CT molecular complexity index is 1680. The summed E-state index contributed by atoms with van der Waals surface area (Å²) in [6.07, 6.45) is -7.32. The van der Waals surface area contributed by atoms with E-state index < -0.39 is 36.7 Å². The van der Waals surface area contributed by atoms with Gasteiger partial charge in [-0.25, -0.2) is 19.9 Å². The van der Waals surface area contributed by atoms with Crippen molar-refractivity contribution in [2.75, 3.05) is 38.1 Å². The van der Waals surface area contributed by atoms with Crippen LogP contribution in [-0.2, 0) is 11.3 Å². The Labute approximate surface area is 252 Å². The number of fused-ring (bicyclic) bond motifs is 1. The lowest BCUT2D eigenvalue weighted by atomic mass is 10.1. The Morgan fingerprint density at radius 1 is 0.978 bits per heavy atom. The number of nitrogens with one attached hydrogen (secondary N) is 2. The van der Waals surface area contributed by atoms with Crippen LogP contribution in [0.1, 0.15) is 24.8 Å². The minimum Gasteiger partial charge on any atom is -0.477 e. The average Bonchev–Trinajstić information content (AvgIpc) is 3.69. The van der Waals surface area contributed by atoms with Crippen LogP contribution >= 0.6 is 0 Å². The van der Waals surface area contributed by atoms with Crippen LogP contribution in [0.4, 0.5) is 38.1 Å². The van der Waals surface area contributed by atoms with Gasteiger partial charge >= 0.3 is 12.4 Å². The van der Waals surface area contributed by atoms with Crippen molar-refractivity contribution < 1.29 is 35.9 Å². The molecule has 0 spiro atoms. The van der Waals surface area contributed by atoms with Gasteiger partial charge in [0.15, 0.2) is 0 Å². The third-order valence-corrected chi connectivity index (χ3v) is 7.92. The van der Waals surface area contributed by atoms with Gasteiger partial charge in [0.05, 0.1) is 16.7 Å². The zero-order valence-corrected chi connectivity index (χ0v) is 23.8. The summed E-state index contributed by atoms with van der Waals surface area (Å²) in [5.41, 5.74) is 1.61. The number of hydrogen-bond donors (Lipinski definition) is 2. The molecule has 45 heavy (non-hydrogen) atoms. The molecule has 0 atom stereocenters. The molecule has 2 aliphatic rings. The zero-order chi connectivity index (χ0) is 31.8. The van der Waals surface area contributed by atoms with Gasteiger partial charge in [0.2, 0.25) is 17.7 Å². The number of aromatic nitrogens is 5. The van der Waals surface area contributed by atoms with Crippen LogP contribution in [0.3, 0.4) is 0 Å². The van der Waals surface area contributed by atoms with Gasteiger partial charge in [-0.05, 0) is 42.7 Å². The molecule has 4 heterocycles. The number of benzene rings is 1. The highest BCUT2D eigenvalue weighted by molar-refractivity contribution is 5.83. The molecule has 1 saturated carbocycles. The number of halogens is 6. The first kappa shape index (κ1) is 30.6. The molecule has 0 radical (unpaired) electrons. The van der Waals surface area contributed by atoms with E-state index in [4.69, 9.17) is 4.74 Å². The molecule has 0 bridgehead atoms. The summed E-state index contributed by atoms with van der Waals surface area (Å²) < 4.78 is 82.8. The number of H-pyrrole nitrogens is 1. The number of amides is 1. The molecule has 2 N–H and O–H groups in total. The van der Waals surface area contributed by atoms with Crippen LogP contribution in [0.15, 0.2) is 48.9 Å². The molecule has 1 saturated heterocycles. The first-order chi connectivity index (χ1) is 21.4. The summed E-state index contributed by atoms with van der Waals surface area (Å²) in [5, 5.41) is 3.14. The number of hydrogen-bond acceptors (Lipinski definition) is 8. The van der Waals surface area contributed by atoms with Crippen molar-refractivity contribution in [1.82, 2.24) is 34.7 Å². The number of aromatic amines is 1. The third kappa shape index (κ3) is 7.27. The second-order valence-corrected chi connectivity index (χ2v) is 11.2. The molecule has 1 amide bonds. The summed E-state index contributed by atoms with van der Waals surface area (Å²) in [4.78, 5) is 35.4. The summed E-state index contributed by atoms with van der Waals surface area (Å²) in [6.45, 7) is 1.41. The molecule has 16 heteroatoms. The lowest BCUT2D eigenvalue weighted by molar-refractivity contribution is -0.194. The molecule has 10 nitrogen and oxygen atoms in total. The van der Waals surface area contributed by atoms with Crippen LogP contribution in [-0.4, -0.2) is 85.8 Å². The molecule has 1 aromatic carbocycles. The van der Waals surface area contributed by atoms with Crippen LogP contribution in [0, 0.1) is 5.41 Å². The molecule has 238 valence electrons. The van der Waals surface area contributed by atoms with Crippen molar-refractivity contribution in [1.29, 1.82) is 0 Å². The molecular formula is C29H28F6N8O2. The Hall–Kier alpha value is -4.47. The van der Waals surface area contributed by atoms with Gasteiger partial charge in [-0.15, -0.1) is 0 Å². The van der Waals surface area contributed by atoms with E-state index in [0.717, 1.165) is 5.56 Å². The van der Waals surface area contributed by atoms with Gasteiger partial charge in [-0.3, -0.25) is 9.69 Å².